The van der Waals surface area contributed by atoms with Gasteiger partial charge in [0.15, 0.2) is 0 Å². The van der Waals surface area contributed by atoms with Gasteiger partial charge in [0.05, 0.1) is 6.10 Å². The van der Waals surface area contributed by atoms with Gasteiger partial charge in [0.1, 0.15) is 0 Å². The van der Waals surface area contributed by atoms with E-state index >= 15 is 0 Å². The Bertz CT molecular complexity index is 472. The third-order valence-electron chi connectivity index (χ3n) is 8.04. The Hall–Kier alpha value is 0.180. The predicted molar refractivity (Wildman–Crippen MR) is 90.4 cm³/mol. The van der Waals surface area contributed by atoms with Crippen LogP contribution in [0.2, 0.25) is 0 Å². The number of hydrogen-bond donors (Lipinski definition) is 1. The highest BCUT2D eigenvalue weighted by atomic mass is 79.9. The summed E-state index contributed by atoms with van der Waals surface area (Å²) in [5, 5.41) is 10.5. The summed E-state index contributed by atoms with van der Waals surface area (Å²) in [6.45, 7) is 4.92. The first-order valence-corrected chi connectivity index (χ1v) is 9.91. The molecule has 4 rings (SSSR count). The van der Waals surface area contributed by atoms with Crippen molar-refractivity contribution in [2.24, 2.45) is 28.6 Å². The first-order valence-electron chi connectivity index (χ1n) is 8.99. The lowest BCUT2D eigenvalue weighted by molar-refractivity contribution is -0.0642. The number of rotatable bonds is 0. The second-order valence-corrected chi connectivity index (χ2v) is 9.73. The van der Waals surface area contributed by atoms with Crippen LogP contribution in [0, 0.1) is 28.6 Å². The molecular weight excluding hydrogens is 324 g/mol. The number of allylic oxidation sites excluding steroid dienone is 2. The fourth-order valence-corrected chi connectivity index (χ4v) is 7.60. The van der Waals surface area contributed by atoms with Gasteiger partial charge in [-0.1, -0.05) is 41.4 Å². The van der Waals surface area contributed by atoms with Crippen molar-refractivity contribution in [3.8, 4) is 0 Å². The van der Waals surface area contributed by atoms with E-state index in [1.54, 1.807) is 5.57 Å². The van der Waals surface area contributed by atoms with Gasteiger partial charge in [-0.25, -0.2) is 0 Å². The van der Waals surface area contributed by atoms with Crippen molar-refractivity contribution in [3.63, 3.8) is 0 Å². The molecular formula is C19H29BrO. The maximum atomic E-state index is 10.5. The van der Waals surface area contributed by atoms with Gasteiger partial charge < -0.3 is 5.11 Å². The summed E-state index contributed by atoms with van der Waals surface area (Å²) in [6.07, 6.45) is 12.7. The molecule has 4 aliphatic rings. The Morgan fingerprint density at radius 3 is 2.76 bits per heavy atom. The van der Waals surface area contributed by atoms with E-state index in [9.17, 15) is 5.11 Å². The molecule has 0 spiro atoms. The van der Waals surface area contributed by atoms with E-state index < -0.39 is 0 Å². The highest BCUT2D eigenvalue weighted by Crippen LogP contribution is 2.65. The summed E-state index contributed by atoms with van der Waals surface area (Å²) in [7, 11) is 0. The Labute approximate surface area is 137 Å². The van der Waals surface area contributed by atoms with Crippen LogP contribution in [0.15, 0.2) is 11.6 Å². The molecule has 4 aliphatic carbocycles. The zero-order valence-electron chi connectivity index (χ0n) is 13.4. The highest BCUT2D eigenvalue weighted by molar-refractivity contribution is 9.09. The van der Waals surface area contributed by atoms with E-state index in [1.807, 2.05) is 0 Å². The van der Waals surface area contributed by atoms with Crippen LogP contribution < -0.4 is 0 Å². The van der Waals surface area contributed by atoms with Gasteiger partial charge in [0, 0.05) is 10.2 Å². The molecule has 2 heteroatoms. The number of fused-ring (bicyclic) bond motifs is 5. The molecule has 3 fully saturated rings. The molecule has 0 bridgehead atoms. The fourth-order valence-electron chi connectivity index (χ4n) is 6.65. The van der Waals surface area contributed by atoms with E-state index in [-0.39, 0.29) is 11.5 Å². The highest BCUT2D eigenvalue weighted by Gasteiger charge is 2.59. The number of alkyl halides is 1. The van der Waals surface area contributed by atoms with Gasteiger partial charge in [0.25, 0.3) is 0 Å². The third-order valence-corrected chi connectivity index (χ3v) is 9.45. The maximum Gasteiger partial charge on any atom is 0.0596 e. The standard InChI is InChI=1S/C19H29BrO/c1-18-11-10-15-13(14(18)8-9-17(18)21)7-6-12-4-3-5-16(20)19(12,15)2/h6,13-17,21H,3-5,7-11H2,1-2H3/t13-,14-,15-,16?,17-,18-,19-/m0/s1. The molecule has 0 aliphatic heterocycles. The SMILES string of the molecule is C[C@]12CC[C@H]3[C@@H](CC=C4CCCC(Br)[C@@]43C)[C@@H]1CC[C@@H]2O. The molecule has 0 aromatic heterocycles. The van der Waals surface area contributed by atoms with Crippen LogP contribution in [-0.2, 0) is 0 Å². The zero-order chi connectivity index (χ0) is 14.8. The third kappa shape index (κ3) is 1.84. The van der Waals surface area contributed by atoms with E-state index in [2.05, 4.69) is 35.9 Å². The van der Waals surface area contributed by atoms with Crippen molar-refractivity contribution in [3.05, 3.63) is 11.6 Å². The van der Waals surface area contributed by atoms with Crippen LogP contribution >= 0.6 is 15.9 Å². The maximum absolute atomic E-state index is 10.5. The first-order chi connectivity index (χ1) is 9.98. The summed E-state index contributed by atoms with van der Waals surface area (Å²) in [6, 6.07) is 0. The predicted octanol–water partition coefficient (Wildman–Crippen LogP) is 5.07. The molecule has 1 nitrogen and oxygen atoms in total. The van der Waals surface area contributed by atoms with Gasteiger partial charge in [0.2, 0.25) is 0 Å². The van der Waals surface area contributed by atoms with Crippen LogP contribution in [0.5, 0.6) is 0 Å². The Morgan fingerprint density at radius 1 is 1.14 bits per heavy atom. The molecule has 0 radical (unpaired) electrons. The lowest BCUT2D eigenvalue weighted by Gasteiger charge is -2.58. The molecule has 0 amide bonds. The van der Waals surface area contributed by atoms with Gasteiger partial charge in [-0.15, -0.1) is 0 Å². The molecule has 7 atom stereocenters. The van der Waals surface area contributed by atoms with Gasteiger partial charge in [-0.05, 0) is 74.5 Å². The summed E-state index contributed by atoms with van der Waals surface area (Å²) in [5.41, 5.74) is 2.34. The molecule has 3 saturated carbocycles. The molecule has 21 heavy (non-hydrogen) atoms. The van der Waals surface area contributed by atoms with Crippen molar-refractivity contribution in [2.75, 3.05) is 0 Å². The normalized spacial score (nSPS) is 56.2. The quantitative estimate of drug-likeness (QED) is 0.476. The number of hydrogen-bond acceptors (Lipinski definition) is 1. The topological polar surface area (TPSA) is 20.2 Å². The molecule has 0 aromatic carbocycles. The Balaban J connectivity index is 1.72. The molecule has 0 heterocycles. The minimum atomic E-state index is -0.0484. The van der Waals surface area contributed by atoms with Crippen molar-refractivity contribution in [2.45, 2.75) is 76.1 Å². The van der Waals surface area contributed by atoms with Gasteiger partial charge in [-0.2, -0.15) is 0 Å². The second-order valence-electron chi connectivity index (χ2n) is 8.62. The molecule has 0 saturated heterocycles. The lowest BCUT2D eigenvalue weighted by atomic mass is 9.48. The molecule has 118 valence electrons. The van der Waals surface area contributed by atoms with Crippen LogP contribution in [0.4, 0.5) is 0 Å². The Morgan fingerprint density at radius 2 is 1.95 bits per heavy atom. The number of halogens is 1. The molecule has 1 unspecified atom stereocenters. The average molecular weight is 353 g/mol. The lowest BCUT2D eigenvalue weighted by Crippen LogP contribution is -2.53. The summed E-state index contributed by atoms with van der Waals surface area (Å²) < 4.78 is 0. The van der Waals surface area contributed by atoms with Crippen LogP contribution in [0.3, 0.4) is 0 Å². The van der Waals surface area contributed by atoms with Crippen molar-refractivity contribution in [1.29, 1.82) is 0 Å². The smallest absolute Gasteiger partial charge is 0.0596 e. The number of aliphatic hydroxyl groups is 1. The van der Waals surface area contributed by atoms with Crippen molar-refractivity contribution < 1.29 is 5.11 Å². The van der Waals surface area contributed by atoms with Crippen molar-refractivity contribution in [1.82, 2.24) is 0 Å². The van der Waals surface area contributed by atoms with E-state index in [1.165, 1.54) is 44.9 Å². The van der Waals surface area contributed by atoms with Crippen LogP contribution in [-0.4, -0.2) is 16.0 Å². The fraction of sp³-hybridized carbons (Fsp3) is 0.895. The Kier molecular flexibility index (Phi) is 3.40. The minimum absolute atomic E-state index is 0.0484. The first kappa shape index (κ1) is 14.8. The van der Waals surface area contributed by atoms with Gasteiger partial charge >= 0.3 is 0 Å². The van der Waals surface area contributed by atoms with Crippen LogP contribution in [0.1, 0.15) is 65.2 Å². The van der Waals surface area contributed by atoms with E-state index in [0.29, 0.717) is 10.2 Å². The van der Waals surface area contributed by atoms with Crippen LogP contribution in [0.25, 0.3) is 0 Å². The number of aliphatic hydroxyl groups excluding tert-OH is 1. The molecule has 1 N–H and O–H groups in total. The zero-order valence-corrected chi connectivity index (χ0v) is 15.0. The average Bonchev–Trinajstić information content (AvgIpc) is 2.76. The minimum Gasteiger partial charge on any atom is -0.393 e. The summed E-state index contributed by atoms with van der Waals surface area (Å²) in [5.74, 6) is 2.40. The van der Waals surface area contributed by atoms with E-state index in [4.69, 9.17) is 0 Å². The van der Waals surface area contributed by atoms with E-state index in [0.717, 1.165) is 24.2 Å². The van der Waals surface area contributed by atoms with Crippen molar-refractivity contribution >= 4 is 15.9 Å². The second kappa shape index (κ2) is 4.84. The van der Waals surface area contributed by atoms with Gasteiger partial charge in [-0.3, -0.25) is 0 Å². The monoisotopic (exact) mass is 352 g/mol. The summed E-state index contributed by atoms with van der Waals surface area (Å²) >= 11 is 4.06. The molecule has 0 aromatic rings. The largest absolute Gasteiger partial charge is 0.393 e. The summed E-state index contributed by atoms with van der Waals surface area (Å²) in [4.78, 5) is 0.661.